The smallest absolute Gasteiger partial charge is 0.160 e. The maximum absolute atomic E-state index is 5.95. The van der Waals surface area contributed by atoms with Crippen molar-refractivity contribution >= 4 is 38.7 Å². The summed E-state index contributed by atoms with van der Waals surface area (Å²) in [7, 11) is 0. The first-order chi connectivity index (χ1) is 9.17. The molecule has 3 aromatic heterocycles. The first-order valence-electron chi connectivity index (χ1n) is 5.66. The average Bonchev–Trinajstić information content (AvgIpc) is 2.94. The number of aryl methyl sites for hydroxylation is 1. The predicted octanol–water partition coefficient (Wildman–Crippen LogP) is 3.28. The Hall–Kier alpha value is -1.40. The molecule has 7 heteroatoms. The highest BCUT2D eigenvalue weighted by Crippen LogP contribution is 2.20. The monoisotopic (exact) mass is 340 g/mol. The number of nitrogens with zero attached hydrogens (tertiary/aromatic N) is 4. The second-order valence-corrected chi connectivity index (χ2v) is 5.36. The fourth-order valence-corrected chi connectivity index (χ4v) is 2.47. The summed E-state index contributed by atoms with van der Waals surface area (Å²) in [5.41, 5.74) is 2.44. The topological polar surface area (TPSA) is 56.7 Å². The standard InChI is InChI=1S/C12H10BrClN4O/c1-7-2-9(19-17-7)6-18-11(4-14)16-10-3-8(13)5-15-12(10)18/h2-3,5H,4,6H2,1H3. The summed E-state index contributed by atoms with van der Waals surface area (Å²) < 4.78 is 8.06. The van der Waals surface area contributed by atoms with Crippen molar-refractivity contribution in [2.75, 3.05) is 0 Å². The van der Waals surface area contributed by atoms with Gasteiger partial charge in [-0.15, -0.1) is 11.6 Å². The van der Waals surface area contributed by atoms with Crippen LogP contribution in [0.15, 0.2) is 27.3 Å². The molecule has 0 aliphatic rings. The minimum absolute atomic E-state index is 0.321. The van der Waals surface area contributed by atoms with Gasteiger partial charge < -0.3 is 9.09 Å². The highest BCUT2D eigenvalue weighted by atomic mass is 79.9. The quantitative estimate of drug-likeness (QED) is 0.686. The summed E-state index contributed by atoms with van der Waals surface area (Å²) in [6, 6.07) is 3.81. The molecule has 0 aliphatic carbocycles. The Bertz CT molecular complexity index is 736. The molecule has 0 saturated heterocycles. The molecule has 0 spiro atoms. The maximum atomic E-state index is 5.95. The molecular formula is C12H10BrClN4O. The first-order valence-corrected chi connectivity index (χ1v) is 6.99. The van der Waals surface area contributed by atoms with Gasteiger partial charge in [-0.3, -0.25) is 0 Å². The van der Waals surface area contributed by atoms with Crippen LogP contribution in [0.1, 0.15) is 17.3 Å². The van der Waals surface area contributed by atoms with Crippen molar-refractivity contribution in [1.29, 1.82) is 0 Å². The van der Waals surface area contributed by atoms with Gasteiger partial charge in [0.05, 0.1) is 18.1 Å². The number of alkyl halides is 1. The van der Waals surface area contributed by atoms with Gasteiger partial charge in [-0.25, -0.2) is 9.97 Å². The van der Waals surface area contributed by atoms with Crippen LogP contribution in [0.2, 0.25) is 0 Å². The number of halogens is 2. The summed E-state index contributed by atoms with van der Waals surface area (Å²) in [5, 5.41) is 3.88. The molecular weight excluding hydrogens is 332 g/mol. The fraction of sp³-hybridized carbons (Fsp3) is 0.250. The zero-order valence-electron chi connectivity index (χ0n) is 10.1. The molecule has 0 amide bonds. The number of aromatic nitrogens is 4. The first kappa shape index (κ1) is 12.6. The van der Waals surface area contributed by atoms with E-state index in [1.807, 2.05) is 23.6 Å². The lowest BCUT2D eigenvalue weighted by Gasteiger charge is -2.03. The molecule has 3 heterocycles. The van der Waals surface area contributed by atoms with Crippen molar-refractivity contribution in [3.05, 3.63) is 40.1 Å². The van der Waals surface area contributed by atoms with Gasteiger partial charge >= 0.3 is 0 Å². The Morgan fingerprint density at radius 3 is 2.95 bits per heavy atom. The SMILES string of the molecule is Cc1cc(Cn2c(CCl)nc3cc(Br)cnc32)on1. The van der Waals surface area contributed by atoms with E-state index in [0.29, 0.717) is 12.4 Å². The number of pyridine rings is 1. The van der Waals surface area contributed by atoms with Crippen LogP contribution in [0.4, 0.5) is 0 Å². The molecule has 0 radical (unpaired) electrons. The summed E-state index contributed by atoms with van der Waals surface area (Å²) in [5.74, 6) is 1.84. The second-order valence-electron chi connectivity index (χ2n) is 4.18. The van der Waals surface area contributed by atoms with E-state index in [0.717, 1.165) is 32.9 Å². The minimum atomic E-state index is 0.321. The molecule has 0 N–H and O–H groups in total. The molecule has 3 aromatic rings. The van der Waals surface area contributed by atoms with Gasteiger partial charge in [0.2, 0.25) is 0 Å². The second kappa shape index (κ2) is 4.94. The third kappa shape index (κ3) is 2.37. The van der Waals surface area contributed by atoms with Crippen LogP contribution in [-0.2, 0) is 12.4 Å². The number of imidazole rings is 1. The molecule has 3 rings (SSSR count). The van der Waals surface area contributed by atoms with Gasteiger partial charge in [-0.2, -0.15) is 0 Å². The number of rotatable bonds is 3. The Morgan fingerprint density at radius 2 is 2.26 bits per heavy atom. The molecule has 0 aliphatic heterocycles. The van der Waals surface area contributed by atoms with Crippen molar-refractivity contribution in [2.24, 2.45) is 0 Å². The van der Waals surface area contributed by atoms with Crippen molar-refractivity contribution in [3.8, 4) is 0 Å². The van der Waals surface area contributed by atoms with E-state index in [1.165, 1.54) is 0 Å². The summed E-state index contributed by atoms with van der Waals surface area (Å²) in [6.45, 7) is 2.41. The third-order valence-electron chi connectivity index (χ3n) is 2.74. The number of hydrogen-bond acceptors (Lipinski definition) is 4. The lowest BCUT2D eigenvalue weighted by atomic mass is 10.4. The molecule has 0 fully saturated rings. The Balaban J connectivity index is 2.10. The average molecular weight is 342 g/mol. The van der Waals surface area contributed by atoms with E-state index in [9.17, 15) is 0 Å². The van der Waals surface area contributed by atoms with E-state index in [4.69, 9.17) is 16.1 Å². The molecule has 0 saturated carbocycles. The van der Waals surface area contributed by atoms with Crippen molar-refractivity contribution in [2.45, 2.75) is 19.3 Å². The van der Waals surface area contributed by atoms with Crippen LogP contribution >= 0.6 is 27.5 Å². The van der Waals surface area contributed by atoms with Gasteiger partial charge in [0.15, 0.2) is 11.4 Å². The summed E-state index contributed by atoms with van der Waals surface area (Å²) in [6.07, 6.45) is 1.74. The Kier molecular flexibility index (Phi) is 3.28. The molecule has 0 aromatic carbocycles. The van der Waals surface area contributed by atoms with Gasteiger partial charge in [-0.1, -0.05) is 5.16 Å². The molecule has 19 heavy (non-hydrogen) atoms. The lowest BCUT2D eigenvalue weighted by Crippen LogP contribution is -2.03. The highest BCUT2D eigenvalue weighted by molar-refractivity contribution is 9.10. The van der Waals surface area contributed by atoms with Crippen LogP contribution in [0.5, 0.6) is 0 Å². The lowest BCUT2D eigenvalue weighted by molar-refractivity contribution is 0.373. The number of fused-ring (bicyclic) bond motifs is 1. The van der Waals surface area contributed by atoms with E-state index in [1.54, 1.807) is 6.20 Å². The summed E-state index contributed by atoms with van der Waals surface area (Å²) in [4.78, 5) is 8.86. The van der Waals surface area contributed by atoms with Gasteiger partial charge in [-0.05, 0) is 28.9 Å². The Labute approximate surface area is 122 Å². The van der Waals surface area contributed by atoms with Crippen LogP contribution in [0.25, 0.3) is 11.2 Å². The molecule has 0 bridgehead atoms. The van der Waals surface area contributed by atoms with Crippen molar-refractivity contribution in [3.63, 3.8) is 0 Å². The van der Waals surface area contributed by atoms with Crippen LogP contribution < -0.4 is 0 Å². The zero-order chi connectivity index (χ0) is 13.4. The van der Waals surface area contributed by atoms with Crippen molar-refractivity contribution in [1.82, 2.24) is 19.7 Å². The van der Waals surface area contributed by atoms with Crippen LogP contribution in [-0.4, -0.2) is 19.7 Å². The van der Waals surface area contributed by atoms with Crippen molar-refractivity contribution < 1.29 is 4.52 Å². The van der Waals surface area contributed by atoms with Crippen LogP contribution in [0.3, 0.4) is 0 Å². The number of hydrogen-bond donors (Lipinski definition) is 0. The summed E-state index contributed by atoms with van der Waals surface area (Å²) >= 11 is 9.33. The van der Waals surface area contributed by atoms with Crippen LogP contribution in [0, 0.1) is 6.92 Å². The normalized spacial score (nSPS) is 11.3. The predicted molar refractivity (Wildman–Crippen MR) is 75.1 cm³/mol. The van der Waals surface area contributed by atoms with E-state index in [-0.39, 0.29) is 0 Å². The van der Waals surface area contributed by atoms with Gasteiger partial charge in [0.1, 0.15) is 11.3 Å². The maximum Gasteiger partial charge on any atom is 0.160 e. The van der Waals surface area contributed by atoms with Gasteiger partial charge in [0.25, 0.3) is 0 Å². The fourth-order valence-electron chi connectivity index (χ4n) is 1.95. The largest absolute Gasteiger partial charge is 0.359 e. The molecule has 5 nitrogen and oxygen atoms in total. The minimum Gasteiger partial charge on any atom is -0.359 e. The van der Waals surface area contributed by atoms with Gasteiger partial charge in [0, 0.05) is 16.7 Å². The zero-order valence-corrected chi connectivity index (χ0v) is 12.4. The van der Waals surface area contributed by atoms with E-state index < -0.39 is 0 Å². The Morgan fingerprint density at radius 1 is 1.42 bits per heavy atom. The third-order valence-corrected chi connectivity index (χ3v) is 3.41. The molecule has 98 valence electrons. The highest BCUT2D eigenvalue weighted by Gasteiger charge is 2.13. The molecule has 0 unspecified atom stereocenters. The molecule has 0 atom stereocenters. The van der Waals surface area contributed by atoms with E-state index >= 15 is 0 Å². The van der Waals surface area contributed by atoms with E-state index in [2.05, 4.69) is 31.1 Å².